The Morgan fingerprint density at radius 3 is 2.50 bits per heavy atom. The van der Waals surface area contributed by atoms with Crippen molar-refractivity contribution in [3.63, 3.8) is 0 Å². The van der Waals surface area contributed by atoms with Crippen LogP contribution in [0.3, 0.4) is 0 Å². The molecule has 0 amide bonds. The molecular weight excluding hydrogens is 234 g/mol. The van der Waals surface area contributed by atoms with Gasteiger partial charge in [0.15, 0.2) is 6.61 Å². The first-order valence-electron chi connectivity index (χ1n) is 5.59. The topological polar surface area (TPSA) is 63.5 Å². The minimum atomic E-state index is -0.381. The van der Waals surface area contributed by atoms with Crippen LogP contribution in [0.1, 0.15) is 6.92 Å². The van der Waals surface area contributed by atoms with Crippen molar-refractivity contribution in [1.29, 1.82) is 0 Å². The van der Waals surface area contributed by atoms with Crippen molar-refractivity contribution in [2.45, 2.75) is 6.92 Å². The maximum absolute atomic E-state index is 11.1. The molecule has 0 atom stereocenters. The van der Waals surface area contributed by atoms with Gasteiger partial charge in [-0.2, -0.15) is 0 Å². The van der Waals surface area contributed by atoms with Crippen molar-refractivity contribution in [1.82, 2.24) is 5.01 Å². The average Bonchev–Trinajstić information content (AvgIpc) is 2.35. The van der Waals surface area contributed by atoms with Crippen molar-refractivity contribution in [3.05, 3.63) is 24.3 Å². The van der Waals surface area contributed by atoms with Crippen LogP contribution >= 0.6 is 0 Å². The Bertz CT molecular complexity index is 402. The van der Waals surface area contributed by atoms with E-state index >= 15 is 0 Å². The van der Waals surface area contributed by atoms with Gasteiger partial charge in [-0.05, 0) is 31.2 Å². The van der Waals surface area contributed by atoms with Crippen LogP contribution < -0.4 is 4.74 Å². The molecule has 0 aliphatic rings. The lowest BCUT2D eigenvalue weighted by Crippen LogP contribution is -2.14. The number of nitrogens with zero attached hydrogens (tertiary/aromatic N) is 3. The van der Waals surface area contributed by atoms with E-state index in [1.54, 1.807) is 50.3 Å². The Morgan fingerprint density at radius 2 is 1.94 bits per heavy atom. The number of ether oxygens (including phenoxy) is 2. The normalized spacial score (nSPS) is 10.4. The van der Waals surface area contributed by atoms with Crippen molar-refractivity contribution in [3.8, 4) is 5.75 Å². The largest absolute Gasteiger partial charge is 0.482 e. The zero-order valence-corrected chi connectivity index (χ0v) is 10.8. The first-order valence-corrected chi connectivity index (χ1v) is 5.59. The molecule has 0 fully saturated rings. The van der Waals surface area contributed by atoms with Crippen LogP contribution in [0.15, 0.2) is 34.6 Å². The maximum Gasteiger partial charge on any atom is 0.344 e. The quantitative estimate of drug-likeness (QED) is 0.441. The summed E-state index contributed by atoms with van der Waals surface area (Å²) in [5.74, 6) is 0.209. The molecule has 0 saturated heterocycles. The summed E-state index contributed by atoms with van der Waals surface area (Å²) >= 11 is 0. The van der Waals surface area contributed by atoms with E-state index in [4.69, 9.17) is 9.47 Å². The molecule has 0 spiro atoms. The second-order valence-electron chi connectivity index (χ2n) is 3.62. The fraction of sp³-hybridized carbons (Fsp3) is 0.417. The molecule has 0 heterocycles. The van der Waals surface area contributed by atoms with Crippen LogP contribution in [0.25, 0.3) is 0 Å². The molecule has 0 aromatic heterocycles. The molecule has 0 unspecified atom stereocenters. The molecule has 0 aliphatic heterocycles. The second kappa shape index (κ2) is 7.26. The molecule has 0 bridgehead atoms. The van der Waals surface area contributed by atoms with Gasteiger partial charge in [-0.3, -0.25) is 5.01 Å². The summed E-state index contributed by atoms with van der Waals surface area (Å²) in [4.78, 5) is 11.1. The number of rotatable bonds is 6. The molecule has 0 radical (unpaired) electrons. The fourth-order valence-electron chi connectivity index (χ4n) is 1.10. The Kier molecular flexibility index (Phi) is 5.63. The maximum atomic E-state index is 11.1. The molecule has 1 rings (SSSR count). The van der Waals surface area contributed by atoms with Gasteiger partial charge in [0, 0.05) is 14.1 Å². The van der Waals surface area contributed by atoms with Crippen molar-refractivity contribution >= 4 is 11.7 Å². The zero-order valence-electron chi connectivity index (χ0n) is 10.8. The summed E-state index contributed by atoms with van der Waals surface area (Å²) in [6, 6.07) is 6.97. The molecule has 1 aromatic carbocycles. The van der Waals surface area contributed by atoms with Crippen molar-refractivity contribution < 1.29 is 14.3 Å². The predicted octanol–water partition coefficient (Wildman–Crippen LogP) is 2.19. The lowest BCUT2D eigenvalue weighted by molar-refractivity contribution is -0.145. The predicted molar refractivity (Wildman–Crippen MR) is 66.8 cm³/mol. The molecule has 6 heteroatoms. The number of benzene rings is 1. The first-order chi connectivity index (χ1) is 8.61. The third kappa shape index (κ3) is 5.29. The SMILES string of the molecule is CCOC(=O)COc1ccc(N=NN(C)C)cc1. The van der Waals surface area contributed by atoms with Crippen LogP contribution in [0.4, 0.5) is 5.69 Å². The summed E-state index contributed by atoms with van der Waals surface area (Å²) in [7, 11) is 3.58. The average molecular weight is 251 g/mol. The third-order valence-electron chi connectivity index (χ3n) is 1.84. The Labute approximate surface area is 106 Å². The van der Waals surface area contributed by atoms with Gasteiger partial charge in [-0.15, -0.1) is 5.11 Å². The smallest absolute Gasteiger partial charge is 0.344 e. The molecule has 0 aliphatic carbocycles. The van der Waals surface area contributed by atoms with Crippen LogP contribution in [0.2, 0.25) is 0 Å². The van der Waals surface area contributed by atoms with Gasteiger partial charge < -0.3 is 9.47 Å². The third-order valence-corrected chi connectivity index (χ3v) is 1.84. The fourth-order valence-corrected chi connectivity index (χ4v) is 1.10. The summed E-state index contributed by atoms with van der Waals surface area (Å²) < 4.78 is 9.99. The zero-order chi connectivity index (χ0) is 13.4. The summed E-state index contributed by atoms with van der Waals surface area (Å²) in [6.45, 7) is 2.01. The number of carbonyl (C=O) groups excluding carboxylic acids is 1. The van der Waals surface area contributed by atoms with E-state index in [-0.39, 0.29) is 12.6 Å². The molecule has 6 nitrogen and oxygen atoms in total. The van der Waals surface area contributed by atoms with E-state index in [0.717, 1.165) is 0 Å². The van der Waals surface area contributed by atoms with Crippen LogP contribution in [0, 0.1) is 0 Å². The summed E-state index contributed by atoms with van der Waals surface area (Å²) in [5, 5.41) is 9.44. The molecular formula is C12H17N3O3. The number of hydrogen-bond acceptors (Lipinski definition) is 5. The van der Waals surface area contributed by atoms with E-state index in [2.05, 4.69) is 10.3 Å². The summed E-state index contributed by atoms with van der Waals surface area (Å²) in [6.07, 6.45) is 0. The van der Waals surface area contributed by atoms with E-state index < -0.39 is 0 Å². The lowest BCUT2D eigenvalue weighted by atomic mass is 10.3. The Morgan fingerprint density at radius 1 is 1.28 bits per heavy atom. The molecule has 18 heavy (non-hydrogen) atoms. The van der Waals surface area contributed by atoms with Gasteiger partial charge in [0.2, 0.25) is 0 Å². The van der Waals surface area contributed by atoms with Crippen molar-refractivity contribution in [2.75, 3.05) is 27.3 Å². The van der Waals surface area contributed by atoms with Gasteiger partial charge in [0.1, 0.15) is 5.75 Å². The highest BCUT2D eigenvalue weighted by Gasteiger charge is 2.02. The minimum absolute atomic E-state index is 0.0909. The second-order valence-corrected chi connectivity index (χ2v) is 3.62. The highest BCUT2D eigenvalue weighted by Crippen LogP contribution is 2.18. The van der Waals surface area contributed by atoms with Gasteiger partial charge in [0.25, 0.3) is 0 Å². The van der Waals surface area contributed by atoms with Crippen LogP contribution in [0.5, 0.6) is 5.75 Å². The first kappa shape index (κ1) is 14.0. The molecule has 0 saturated carbocycles. The van der Waals surface area contributed by atoms with Gasteiger partial charge in [0.05, 0.1) is 12.3 Å². The minimum Gasteiger partial charge on any atom is -0.482 e. The molecule has 1 aromatic rings. The Balaban J connectivity index is 2.47. The monoisotopic (exact) mass is 251 g/mol. The molecule has 98 valence electrons. The van der Waals surface area contributed by atoms with Crippen LogP contribution in [-0.4, -0.2) is 38.3 Å². The van der Waals surface area contributed by atoms with Gasteiger partial charge in [-0.1, -0.05) is 5.22 Å². The van der Waals surface area contributed by atoms with E-state index in [1.807, 2.05) is 0 Å². The van der Waals surface area contributed by atoms with Crippen LogP contribution in [-0.2, 0) is 9.53 Å². The summed E-state index contributed by atoms with van der Waals surface area (Å²) in [5.41, 5.74) is 0.715. The highest BCUT2D eigenvalue weighted by atomic mass is 16.6. The lowest BCUT2D eigenvalue weighted by Gasteiger charge is -2.05. The molecule has 0 N–H and O–H groups in total. The standard InChI is InChI=1S/C12H17N3O3/c1-4-17-12(16)9-18-11-7-5-10(6-8-11)13-14-15(2)3/h5-8H,4,9H2,1-3H3. The van der Waals surface area contributed by atoms with E-state index in [9.17, 15) is 4.79 Å². The number of carbonyl (C=O) groups is 1. The number of hydrogen-bond donors (Lipinski definition) is 0. The number of esters is 1. The van der Waals surface area contributed by atoms with Crippen molar-refractivity contribution in [2.24, 2.45) is 10.3 Å². The van der Waals surface area contributed by atoms with Gasteiger partial charge in [-0.25, -0.2) is 4.79 Å². The van der Waals surface area contributed by atoms with E-state index in [0.29, 0.717) is 18.0 Å². The van der Waals surface area contributed by atoms with E-state index in [1.165, 1.54) is 0 Å². The highest BCUT2D eigenvalue weighted by molar-refractivity contribution is 5.71. The van der Waals surface area contributed by atoms with Gasteiger partial charge >= 0.3 is 5.97 Å². The Hall–Kier alpha value is -2.11.